The molecular formula is C20H24N6O3. The van der Waals surface area contributed by atoms with E-state index in [0.29, 0.717) is 49.6 Å². The van der Waals surface area contributed by atoms with Gasteiger partial charge in [0, 0.05) is 38.1 Å². The molecule has 2 saturated heterocycles. The number of H-pyrrole nitrogens is 1. The van der Waals surface area contributed by atoms with E-state index in [1.807, 2.05) is 4.90 Å². The molecule has 1 spiro atoms. The Morgan fingerprint density at radius 2 is 2.17 bits per heavy atom. The first-order valence-corrected chi connectivity index (χ1v) is 9.69. The molecule has 4 rings (SSSR count). The zero-order valence-corrected chi connectivity index (χ0v) is 16.3. The van der Waals surface area contributed by atoms with Crippen LogP contribution in [-0.4, -0.2) is 62.9 Å². The van der Waals surface area contributed by atoms with Crippen molar-refractivity contribution < 1.29 is 14.6 Å². The van der Waals surface area contributed by atoms with E-state index in [1.165, 1.54) is 6.20 Å². The second kappa shape index (κ2) is 7.46. The minimum Gasteiger partial charge on any atom is -0.388 e. The lowest BCUT2D eigenvalue weighted by Gasteiger charge is -2.51. The molecule has 1 amide bonds. The molecule has 0 aromatic carbocycles. The van der Waals surface area contributed by atoms with Gasteiger partial charge in [-0.25, -0.2) is 9.97 Å². The highest BCUT2D eigenvalue weighted by molar-refractivity contribution is 5.92. The Balaban J connectivity index is 1.40. The molecule has 0 saturated carbocycles. The van der Waals surface area contributed by atoms with Crippen LogP contribution in [0.5, 0.6) is 0 Å². The fraction of sp³-hybridized carbons (Fsp3) is 0.500. The topological polar surface area (TPSA) is 127 Å². The number of ether oxygens (including phenoxy) is 1. The summed E-state index contributed by atoms with van der Waals surface area (Å²) in [6.45, 7) is 3.31. The second-order valence-corrected chi connectivity index (χ2v) is 7.97. The summed E-state index contributed by atoms with van der Waals surface area (Å²) in [4.78, 5) is 25.6. The van der Waals surface area contributed by atoms with Crippen LogP contribution in [0.3, 0.4) is 0 Å². The number of nitriles is 1. The van der Waals surface area contributed by atoms with Gasteiger partial charge < -0.3 is 25.0 Å². The zero-order valence-electron chi connectivity index (χ0n) is 16.3. The molecule has 2 fully saturated rings. The first-order valence-electron chi connectivity index (χ1n) is 9.69. The third-order valence-corrected chi connectivity index (χ3v) is 5.89. The van der Waals surface area contributed by atoms with E-state index in [1.54, 1.807) is 31.5 Å². The summed E-state index contributed by atoms with van der Waals surface area (Å²) in [5.74, 6) is 0.324. The van der Waals surface area contributed by atoms with Crippen molar-refractivity contribution in [2.24, 2.45) is 0 Å². The molecule has 2 aliphatic heterocycles. The number of aromatic amines is 1. The first kappa shape index (κ1) is 19.4. The minimum absolute atomic E-state index is 0.244. The molecule has 2 aliphatic rings. The van der Waals surface area contributed by atoms with Crippen LogP contribution in [0.4, 0.5) is 5.82 Å². The highest BCUT2D eigenvalue weighted by atomic mass is 16.5. The zero-order chi connectivity index (χ0) is 20.5. The van der Waals surface area contributed by atoms with Crippen LogP contribution >= 0.6 is 0 Å². The van der Waals surface area contributed by atoms with Crippen LogP contribution in [0.1, 0.15) is 42.4 Å². The maximum atomic E-state index is 12.3. The van der Waals surface area contributed by atoms with Crippen LogP contribution in [0.15, 0.2) is 30.7 Å². The van der Waals surface area contributed by atoms with E-state index < -0.39 is 17.2 Å². The highest BCUT2D eigenvalue weighted by Gasteiger charge is 2.49. The number of nitrogens with zero attached hydrogens (tertiary/aromatic N) is 4. The highest BCUT2D eigenvalue weighted by Crippen LogP contribution is 2.40. The van der Waals surface area contributed by atoms with Crippen LogP contribution in [-0.2, 0) is 4.74 Å². The molecule has 0 radical (unpaired) electrons. The number of carbonyl (C=O) groups is 1. The van der Waals surface area contributed by atoms with Gasteiger partial charge in [0.25, 0.3) is 5.91 Å². The van der Waals surface area contributed by atoms with Gasteiger partial charge in [0.05, 0.1) is 23.9 Å². The van der Waals surface area contributed by atoms with Gasteiger partial charge in [-0.15, -0.1) is 0 Å². The molecule has 2 aromatic heterocycles. The van der Waals surface area contributed by atoms with Gasteiger partial charge in [0.15, 0.2) is 11.5 Å². The maximum absolute atomic E-state index is 12.3. The number of hydrogen-bond acceptors (Lipinski definition) is 7. The van der Waals surface area contributed by atoms with Crippen molar-refractivity contribution in [3.8, 4) is 6.07 Å². The minimum atomic E-state index is -1.09. The molecule has 9 heteroatoms. The predicted molar refractivity (Wildman–Crippen MR) is 104 cm³/mol. The lowest BCUT2D eigenvalue weighted by atomic mass is 9.75. The van der Waals surface area contributed by atoms with Crippen molar-refractivity contribution in [1.82, 2.24) is 20.3 Å². The third-order valence-electron chi connectivity index (χ3n) is 5.89. The van der Waals surface area contributed by atoms with Crippen molar-refractivity contribution in [2.75, 3.05) is 24.6 Å². The molecule has 9 nitrogen and oxygen atoms in total. The summed E-state index contributed by atoms with van der Waals surface area (Å²) in [5.41, 5.74) is -0.783. The Bertz CT molecular complexity index is 913. The quantitative estimate of drug-likeness (QED) is 0.706. The predicted octanol–water partition coefficient (Wildman–Crippen LogP) is 0.985. The third kappa shape index (κ3) is 3.81. The van der Waals surface area contributed by atoms with E-state index in [4.69, 9.17) is 4.74 Å². The molecule has 29 heavy (non-hydrogen) atoms. The molecule has 2 atom stereocenters. The molecule has 0 unspecified atom stereocenters. The smallest absolute Gasteiger partial charge is 0.268 e. The van der Waals surface area contributed by atoms with Gasteiger partial charge in [0.2, 0.25) is 0 Å². The Hall–Kier alpha value is -2.96. The second-order valence-electron chi connectivity index (χ2n) is 7.97. The normalized spacial score (nSPS) is 26.1. The Morgan fingerprint density at radius 3 is 2.83 bits per heavy atom. The van der Waals surface area contributed by atoms with E-state index in [-0.39, 0.29) is 12.5 Å². The van der Waals surface area contributed by atoms with Gasteiger partial charge in [0.1, 0.15) is 11.8 Å². The van der Waals surface area contributed by atoms with Crippen LogP contribution in [0.25, 0.3) is 0 Å². The number of anilines is 1. The van der Waals surface area contributed by atoms with Crippen molar-refractivity contribution >= 4 is 11.7 Å². The summed E-state index contributed by atoms with van der Waals surface area (Å²) in [5, 5.41) is 23.2. The maximum Gasteiger partial charge on any atom is 0.268 e. The summed E-state index contributed by atoms with van der Waals surface area (Å²) in [7, 11) is 0. The van der Waals surface area contributed by atoms with Gasteiger partial charge in [-0.2, -0.15) is 5.26 Å². The lowest BCUT2D eigenvalue weighted by Crippen LogP contribution is -2.64. The van der Waals surface area contributed by atoms with Crippen LogP contribution in [0.2, 0.25) is 0 Å². The monoisotopic (exact) mass is 396 g/mol. The summed E-state index contributed by atoms with van der Waals surface area (Å²) >= 11 is 0. The van der Waals surface area contributed by atoms with E-state index >= 15 is 0 Å². The van der Waals surface area contributed by atoms with Crippen molar-refractivity contribution in [3.05, 3.63) is 42.1 Å². The molecule has 2 aromatic rings. The van der Waals surface area contributed by atoms with Crippen molar-refractivity contribution in [1.29, 1.82) is 5.26 Å². The average Bonchev–Trinajstić information content (AvgIpc) is 3.25. The van der Waals surface area contributed by atoms with Gasteiger partial charge in [-0.3, -0.25) is 4.79 Å². The number of carbonyl (C=O) groups excluding carboxylic acids is 1. The number of amides is 1. The van der Waals surface area contributed by atoms with Crippen LogP contribution in [0, 0.1) is 11.3 Å². The number of aliphatic hydroxyl groups is 1. The van der Waals surface area contributed by atoms with Crippen LogP contribution < -0.4 is 10.2 Å². The van der Waals surface area contributed by atoms with Gasteiger partial charge in [-0.1, -0.05) is 0 Å². The largest absolute Gasteiger partial charge is 0.388 e. The molecule has 0 aliphatic carbocycles. The van der Waals surface area contributed by atoms with Gasteiger partial charge in [-0.05, 0) is 31.9 Å². The van der Waals surface area contributed by atoms with E-state index in [2.05, 4.69) is 26.3 Å². The van der Waals surface area contributed by atoms with Crippen molar-refractivity contribution in [3.63, 3.8) is 0 Å². The first-order chi connectivity index (χ1) is 13.9. The molecule has 0 bridgehead atoms. The molecule has 4 heterocycles. The summed E-state index contributed by atoms with van der Waals surface area (Å²) in [6, 6.07) is 5.03. The number of rotatable bonds is 3. The number of piperidine rings is 1. The van der Waals surface area contributed by atoms with E-state index in [0.717, 1.165) is 0 Å². The Labute approximate surface area is 168 Å². The van der Waals surface area contributed by atoms with E-state index in [9.17, 15) is 15.2 Å². The standard InChI is InChI=1S/C20H24N6O3/c1-19(28)13-20(29-12-16(19)25-18(27)14-3-2-6-22-14)4-9-26(10-5-20)17-15(11-21)23-7-8-24-17/h2-3,6-8,16,22,28H,4-5,9-10,12-13H2,1H3,(H,25,27)/t16-,19-/m0/s1. The summed E-state index contributed by atoms with van der Waals surface area (Å²) in [6.07, 6.45) is 6.59. The Kier molecular flexibility index (Phi) is 4.98. The molecule has 3 N–H and O–H groups in total. The Morgan fingerprint density at radius 1 is 1.41 bits per heavy atom. The fourth-order valence-corrected chi connectivity index (χ4v) is 4.26. The SMILES string of the molecule is C[C@]1(O)CC2(CCN(c3nccnc3C#N)CC2)OC[C@@H]1NC(=O)c1ccc[nH]1. The molecule has 152 valence electrons. The number of aromatic nitrogens is 3. The number of hydrogen-bond donors (Lipinski definition) is 3. The molecular weight excluding hydrogens is 372 g/mol. The lowest BCUT2D eigenvalue weighted by molar-refractivity contribution is -0.176. The number of nitrogens with one attached hydrogen (secondary N) is 2. The summed E-state index contributed by atoms with van der Waals surface area (Å²) < 4.78 is 6.20. The fourth-order valence-electron chi connectivity index (χ4n) is 4.26. The van der Waals surface area contributed by atoms with Crippen molar-refractivity contribution in [2.45, 2.75) is 43.4 Å². The average molecular weight is 396 g/mol. The van der Waals surface area contributed by atoms with Gasteiger partial charge >= 0.3 is 0 Å².